The fourth-order valence-electron chi connectivity index (χ4n) is 1.35. The molecule has 2 rings (SSSR count). The number of carbonyl (C=O) groups excluding carboxylic acids is 1. The molecule has 0 fully saturated rings. The Kier molecular flexibility index (Phi) is 2.61. The molecule has 0 spiro atoms. The molecule has 0 aliphatic carbocycles. The fraction of sp³-hybridized carbons (Fsp3) is 0.200. The van der Waals surface area contributed by atoms with Crippen LogP contribution in [0, 0.1) is 0 Å². The predicted molar refractivity (Wildman–Crippen MR) is 55.8 cm³/mol. The quantitative estimate of drug-likeness (QED) is 0.611. The lowest BCUT2D eigenvalue weighted by atomic mass is 10.2. The third kappa shape index (κ3) is 1.88. The van der Waals surface area contributed by atoms with E-state index < -0.39 is 17.1 Å². The maximum absolute atomic E-state index is 12.6. The Balaban J connectivity index is 2.42. The van der Waals surface area contributed by atoms with E-state index in [1.165, 1.54) is 12.1 Å². The molecule has 1 amide bonds. The summed E-state index contributed by atoms with van der Waals surface area (Å²) in [5.41, 5.74) is 0.368. The van der Waals surface area contributed by atoms with Crippen LogP contribution in [0.1, 0.15) is 5.56 Å². The number of hydrogen-bond acceptors (Lipinski definition) is 2. The van der Waals surface area contributed by atoms with E-state index in [1.54, 1.807) is 18.2 Å². The third-order valence-corrected chi connectivity index (χ3v) is 2.69. The molecular formula is C10H6ClF3N2O. The number of amidine groups is 1. The lowest BCUT2D eigenvalue weighted by Crippen LogP contribution is -2.46. The van der Waals surface area contributed by atoms with Crippen LogP contribution >= 0.6 is 11.6 Å². The van der Waals surface area contributed by atoms with E-state index in [-0.39, 0.29) is 5.84 Å². The topological polar surface area (TPSA) is 41.5 Å². The number of rotatable bonds is 1. The van der Waals surface area contributed by atoms with E-state index in [0.717, 1.165) is 0 Å². The third-order valence-electron chi connectivity index (χ3n) is 2.22. The Morgan fingerprint density at radius 3 is 2.29 bits per heavy atom. The van der Waals surface area contributed by atoms with Gasteiger partial charge in [0, 0.05) is 5.56 Å². The SMILES string of the molecule is O=C1NC(c2ccccc2)=N[C@]1(Cl)C(F)(F)F. The summed E-state index contributed by atoms with van der Waals surface area (Å²) >= 11 is 5.22. The highest BCUT2D eigenvalue weighted by Crippen LogP contribution is 2.40. The first kappa shape index (κ1) is 11.9. The maximum atomic E-state index is 12.6. The van der Waals surface area contributed by atoms with E-state index in [2.05, 4.69) is 4.99 Å². The smallest absolute Gasteiger partial charge is 0.307 e. The molecule has 1 atom stereocenters. The zero-order valence-corrected chi connectivity index (χ0v) is 9.01. The van der Waals surface area contributed by atoms with Gasteiger partial charge >= 0.3 is 11.2 Å². The summed E-state index contributed by atoms with van der Waals surface area (Å²) in [6.45, 7) is 0. The van der Waals surface area contributed by atoms with Crippen molar-refractivity contribution in [3.05, 3.63) is 35.9 Å². The van der Waals surface area contributed by atoms with Gasteiger partial charge in [-0.3, -0.25) is 4.79 Å². The number of carbonyl (C=O) groups is 1. The molecule has 1 aromatic carbocycles. The van der Waals surface area contributed by atoms with Crippen molar-refractivity contribution < 1.29 is 18.0 Å². The first-order chi connectivity index (χ1) is 7.84. The van der Waals surface area contributed by atoms with Crippen molar-refractivity contribution in [2.24, 2.45) is 4.99 Å². The highest BCUT2D eigenvalue weighted by molar-refractivity contribution is 6.40. The maximum Gasteiger partial charge on any atom is 0.437 e. The van der Waals surface area contributed by atoms with Crippen molar-refractivity contribution >= 4 is 23.3 Å². The van der Waals surface area contributed by atoms with Gasteiger partial charge in [-0.2, -0.15) is 13.2 Å². The second-order valence-electron chi connectivity index (χ2n) is 3.40. The molecule has 0 aromatic heterocycles. The van der Waals surface area contributed by atoms with Gasteiger partial charge < -0.3 is 5.32 Å². The Bertz CT molecular complexity index is 486. The highest BCUT2D eigenvalue weighted by atomic mass is 35.5. The van der Waals surface area contributed by atoms with Crippen LogP contribution in [-0.2, 0) is 4.79 Å². The summed E-state index contributed by atoms with van der Waals surface area (Å²) < 4.78 is 37.8. The van der Waals surface area contributed by atoms with E-state index >= 15 is 0 Å². The van der Waals surface area contributed by atoms with Crippen LogP contribution in [0.15, 0.2) is 35.3 Å². The lowest BCUT2D eigenvalue weighted by Gasteiger charge is -2.18. The molecule has 0 radical (unpaired) electrons. The molecule has 0 unspecified atom stereocenters. The van der Waals surface area contributed by atoms with Crippen molar-refractivity contribution in [1.29, 1.82) is 0 Å². The van der Waals surface area contributed by atoms with Gasteiger partial charge in [-0.15, -0.1) is 0 Å². The molecule has 90 valence electrons. The second-order valence-corrected chi connectivity index (χ2v) is 3.95. The van der Waals surface area contributed by atoms with E-state index in [1.807, 2.05) is 5.32 Å². The molecule has 1 aliphatic heterocycles. The summed E-state index contributed by atoms with van der Waals surface area (Å²) in [4.78, 5) is 11.3. The van der Waals surface area contributed by atoms with Crippen molar-refractivity contribution in [3.8, 4) is 0 Å². The molecule has 0 saturated carbocycles. The molecule has 17 heavy (non-hydrogen) atoms. The minimum absolute atomic E-state index is 0.178. The van der Waals surface area contributed by atoms with Crippen molar-refractivity contribution in [2.45, 2.75) is 11.2 Å². The molecule has 1 N–H and O–H groups in total. The Morgan fingerprint density at radius 2 is 1.82 bits per heavy atom. The van der Waals surface area contributed by atoms with Crippen LogP contribution in [0.2, 0.25) is 0 Å². The van der Waals surface area contributed by atoms with Crippen LogP contribution in [0.3, 0.4) is 0 Å². The van der Waals surface area contributed by atoms with Crippen LogP contribution in [0.25, 0.3) is 0 Å². The van der Waals surface area contributed by atoms with E-state index in [9.17, 15) is 18.0 Å². The van der Waals surface area contributed by atoms with E-state index in [4.69, 9.17) is 11.6 Å². The van der Waals surface area contributed by atoms with Crippen molar-refractivity contribution in [3.63, 3.8) is 0 Å². The first-order valence-electron chi connectivity index (χ1n) is 4.57. The van der Waals surface area contributed by atoms with Crippen LogP contribution in [-0.4, -0.2) is 22.9 Å². The summed E-state index contributed by atoms with van der Waals surface area (Å²) in [5, 5.41) is 2.03. The number of amides is 1. The number of benzene rings is 1. The fourth-order valence-corrected chi connectivity index (χ4v) is 1.48. The minimum Gasteiger partial charge on any atom is -0.307 e. The molecule has 1 aliphatic rings. The van der Waals surface area contributed by atoms with Crippen molar-refractivity contribution in [1.82, 2.24) is 5.32 Å². The first-order valence-corrected chi connectivity index (χ1v) is 4.95. The molecule has 3 nitrogen and oxygen atoms in total. The van der Waals surface area contributed by atoms with Gasteiger partial charge in [0.05, 0.1) is 0 Å². The second kappa shape index (κ2) is 3.73. The van der Waals surface area contributed by atoms with Gasteiger partial charge in [-0.1, -0.05) is 41.9 Å². The molecule has 1 heterocycles. The normalized spacial score (nSPS) is 24.5. The number of alkyl halides is 4. The number of nitrogens with zero attached hydrogens (tertiary/aromatic N) is 1. The lowest BCUT2D eigenvalue weighted by molar-refractivity contribution is -0.169. The molecule has 0 saturated heterocycles. The molecule has 0 bridgehead atoms. The zero-order valence-electron chi connectivity index (χ0n) is 8.25. The summed E-state index contributed by atoms with van der Waals surface area (Å²) in [5.74, 6) is -1.56. The predicted octanol–water partition coefficient (Wildman–Crippen LogP) is 2.06. The van der Waals surface area contributed by atoms with E-state index in [0.29, 0.717) is 5.56 Å². The number of aliphatic imine (C=N–C) groups is 1. The summed E-state index contributed by atoms with van der Waals surface area (Å²) in [6, 6.07) is 7.98. The van der Waals surface area contributed by atoms with Gasteiger partial charge in [0.1, 0.15) is 5.84 Å². The van der Waals surface area contributed by atoms with Gasteiger partial charge in [0.25, 0.3) is 5.91 Å². The van der Waals surface area contributed by atoms with Crippen LogP contribution in [0.4, 0.5) is 13.2 Å². The highest BCUT2D eigenvalue weighted by Gasteiger charge is 2.63. The number of halogens is 4. The van der Waals surface area contributed by atoms with Crippen molar-refractivity contribution in [2.75, 3.05) is 0 Å². The standard InChI is InChI=1S/C10H6ClF3N2O/c11-9(10(12,13)14)8(17)15-7(16-9)6-4-2-1-3-5-6/h1-5H,(H,15,16,17)/t9-/m0/s1. The summed E-state index contributed by atoms with van der Waals surface area (Å²) in [6.07, 6.45) is -4.94. The average molecular weight is 263 g/mol. The molecule has 1 aromatic rings. The minimum atomic E-state index is -4.94. The summed E-state index contributed by atoms with van der Waals surface area (Å²) in [7, 11) is 0. The van der Waals surface area contributed by atoms with Crippen LogP contribution < -0.4 is 5.32 Å². The Labute approximate surface area is 99.3 Å². The Hall–Kier alpha value is -1.56. The Morgan fingerprint density at radius 1 is 1.24 bits per heavy atom. The zero-order chi connectivity index (χ0) is 12.7. The van der Waals surface area contributed by atoms with Gasteiger partial charge in [-0.25, -0.2) is 4.99 Å². The van der Waals surface area contributed by atoms with Gasteiger partial charge in [0.2, 0.25) is 0 Å². The number of nitrogens with one attached hydrogen (secondary N) is 1. The largest absolute Gasteiger partial charge is 0.437 e. The van der Waals surface area contributed by atoms with Gasteiger partial charge in [-0.05, 0) is 0 Å². The van der Waals surface area contributed by atoms with Crippen LogP contribution in [0.5, 0.6) is 0 Å². The molecule has 7 heteroatoms. The monoisotopic (exact) mass is 262 g/mol. The average Bonchev–Trinajstić information content (AvgIpc) is 2.57. The number of hydrogen-bond donors (Lipinski definition) is 1. The van der Waals surface area contributed by atoms with Gasteiger partial charge in [0.15, 0.2) is 0 Å². The molecular weight excluding hydrogens is 257 g/mol.